The molecule has 0 bridgehead atoms. The molecule has 2 aromatic carbocycles. The van der Waals surface area contributed by atoms with Crippen LogP contribution in [0.3, 0.4) is 0 Å². The zero-order valence-corrected chi connectivity index (χ0v) is 21.0. The maximum absolute atomic E-state index is 12.8. The predicted octanol–water partition coefficient (Wildman–Crippen LogP) is 4.29. The molecule has 0 unspecified atom stereocenters. The van der Waals surface area contributed by atoms with E-state index in [0.29, 0.717) is 17.2 Å². The lowest BCUT2D eigenvalue weighted by molar-refractivity contribution is 0.0987. The summed E-state index contributed by atoms with van der Waals surface area (Å²) in [6, 6.07) is 12.9. The van der Waals surface area contributed by atoms with Gasteiger partial charge in [-0.15, -0.1) is 5.10 Å². The summed E-state index contributed by atoms with van der Waals surface area (Å²) in [4.78, 5) is 27.9. The first-order valence-electron chi connectivity index (χ1n) is 11.9. The first-order chi connectivity index (χ1) is 17.4. The summed E-state index contributed by atoms with van der Waals surface area (Å²) < 4.78 is 13.4. The van der Waals surface area contributed by atoms with Gasteiger partial charge in [0.15, 0.2) is 5.78 Å². The number of fused-ring (bicyclic) bond motifs is 1. The molecular formula is C27H27ClN4O4. The summed E-state index contributed by atoms with van der Waals surface area (Å²) in [6.07, 6.45) is 3.52. The molecule has 0 spiro atoms. The highest BCUT2D eigenvalue weighted by Crippen LogP contribution is 2.29. The summed E-state index contributed by atoms with van der Waals surface area (Å²) in [5.74, 6) is 0.415. The molecule has 9 heteroatoms. The molecule has 0 N–H and O–H groups in total. The molecule has 186 valence electrons. The van der Waals surface area contributed by atoms with Crippen LogP contribution < -0.4 is 10.4 Å². The molecule has 0 saturated carbocycles. The molecule has 5 rings (SSSR count). The number of halogens is 1. The highest BCUT2D eigenvalue weighted by molar-refractivity contribution is 6.30. The van der Waals surface area contributed by atoms with Gasteiger partial charge in [0.1, 0.15) is 23.1 Å². The van der Waals surface area contributed by atoms with E-state index in [-0.39, 0.29) is 29.6 Å². The highest BCUT2D eigenvalue weighted by atomic mass is 35.5. The van der Waals surface area contributed by atoms with Gasteiger partial charge < -0.3 is 14.1 Å². The Hall–Kier alpha value is -3.49. The maximum Gasteiger partial charge on any atom is 0.339 e. The summed E-state index contributed by atoms with van der Waals surface area (Å²) in [5, 5.41) is 9.39. The van der Waals surface area contributed by atoms with E-state index < -0.39 is 5.63 Å². The standard InChI is InChI=1S/C27H27ClN4O4/c1-17-25(35-22-8-10-31(2)11-9-22)7-6-19-13-20(27(34)36-26(17)19)14-24(33)23-16-32(30-29-23)15-18-4-3-5-21(28)12-18/h3-7,12-13,16,22H,8-11,14-15H2,1-2H3. The topological polar surface area (TPSA) is 90.5 Å². The van der Waals surface area contributed by atoms with Gasteiger partial charge in [0.25, 0.3) is 0 Å². The van der Waals surface area contributed by atoms with Crippen molar-refractivity contribution in [1.82, 2.24) is 19.9 Å². The molecule has 2 aromatic heterocycles. The Labute approximate surface area is 213 Å². The van der Waals surface area contributed by atoms with Crippen LogP contribution in [0.15, 0.2) is 57.9 Å². The van der Waals surface area contributed by atoms with Gasteiger partial charge in [-0.1, -0.05) is 28.9 Å². The first kappa shape index (κ1) is 24.2. The van der Waals surface area contributed by atoms with E-state index in [1.165, 1.54) is 0 Å². The van der Waals surface area contributed by atoms with Gasteiger partial charge in [0, 0.05) is 41.0 Å². The van der Waals surface area contributed by atoms with Crippen LogP contribution in [0, 0.1) is 6.92 Å². The highest BCUT2D eigenvalue weighted by Gasteiger charge is 2.21. The quantitative estimate of drug-likeness (QED) is 0.273. The molecule has 1 fully saturated rings. The Morgan fingerprint density at radius 3 is 2.78 bits per heavy atom. The van der Waals surface area contributed by atoms with Crippen molar-refractivity contribution < 1.29 is 13.9 Å². The van der Waals surface area contributed by atoms with E-state index in [1.807, 2.05) is 37.3 Å². The summed E-state index contributed by atoms with van der Waals surface area (Å²) in [6.45, 7) is 4.31. The van der Waals surface area contributed by atoms with Crippen molar-refractivity contribution in [2.45, 2.75) is 38.8 Å². The maximum atomic E-state index is 12.8. The van der Waals surface area contributed by atoms with E-state index >= 15 is 0 Å². The Bertz CT molecular complexity index is 1470. The normalized spacial score (nSPS) is 14.9. The van der Waals surface area contributed by atoms with Crippen LogP contribution >= 0.6 is 11.6 Å². The number of hydrogen-bond acceptors (Lipinski definition) is 7. The van der Waals surface area contributed by atoms with Gasteiger partial charge in [-0.05, 0) is 62.7 Å². The third kappa shape index (κ3) is 5.34. The molecule has 0 aliphatic carbocycles. The van der Waals surface area contributed by atoms with Crippen LogP contribution in [0.4, 0.5) is 0 Å². The van der Waals surface area contributed by atoms with Gasteiger partial charge in [-0.25, -0.2) is 9.48 Å². The molecule has 1 aliphatic rings. The molecule has 0 atom stereocenters. The minimum Gasteiger partial charge on any atom is -0.490 e. The first-order valence-corrected chi connectivity index (χ1v) is 12.3. The Morgan fingerprint density at radius 2 is 2.00 bits per heavy atom. The third-order valence-corrected chi connectivity index (χ3v) is 6.78. The molecule has 4 aromatic rings. The lowest BCUT2D eigenvalue weighted by Gasteiger charge is -2.29. The lowest BCUT2D eigenvalue weighted by atomic mass is 10.0. The Balaban J connectivity index is 1.31. The number of ether oxygens (including phenoxy) is 1. The monoisotopic (exact) mass is 506 g/mol. The van der Waals surface area contributed by atoms with Crippen molar-refractivity contribution in [1.29, 1.82) is 0 Å². The Morgan fingerprint density at radius 1 is 1.19 bits per heavy atom. The Kier molecular flexibility index (Phi) is 6.89. The zero-order chi connectivity index (χ0) is 25.2. The van der Waals surface area contributed by atoms with E-state index in [0.717, 1.165) is 48.2 Å². The molecule has 1 saturated heterocycles. The van der Waals surface area contributed by atoms with Gasteiger partial charge in [-0.3, -0.25) is 4.79 Å². The summed E-state index contributed by atoms with van der Waals surface area (Å²) >= 11 is 6.03. The van der Waals surface area contributed by atoms with Crippen LogP contribution in [0.5, 0.6) is 5.75 Å². The molecule has 3 heterocycles. The van der Waals surface area contributed by atoms with Crippen molar-refractivity contribution in [2.75, 3.05) is 20.1 Å². The number of benzene rings is 2. The van der Waals surface area contributed by atoms with E-state index in [2.05, 4.69) is 22.3 Å². The van der Waals surface area contributed by atoms with Crippen molar-refractivity contribution in [3.05, 3.63) is 86.5 Å². The average Bonchev–Trinajstić information content (AvgIpc) is 3.32. The lowest BCUT2D eigenvalue weighted by Crippen LogP contribution is -2.35. The van der Waals surface area contributed by atoms with Crippen LogP contribution in [0.1, 0.15) is 40.0 Å². The number of aromatic nitrogens is 3. The smallest absolute Gasteiger partial charge is 0.339 e. The fourth-order valence-corrected chi connectivity index (χ4v) is 4.68. The van der Waals surface area contributed by atoms with Crippen LogP contribution in [-0.2, 0) is 13.0 Å². The van der Waals surface area contributed by atoms with Crippen molar-refractivity contribution in [3.8, 4) is 5.75 Å². The second-order valence-corrected chi connectivity index (χ2v) is 9.75. The molecular weight excluding hydrogens is 480 g/mol. The van der Waals surface area contributed by atoms with Crippen molar-refractivity contribution in [3.63, 3.8) is 0 Å². The average molecular weight is 507 g/mol. The minimum atomic E-state index is -0.540. The van der Waals surface area contributed by atoms with Gasteiger partial charge >= 0.3 is 5.63 Å². The van der Waals surface area contributed by atoms with Crippen LogP contribution in [0.25, 0.3) is 11.0 Å². The second kappa shape index (κ2) is 10.2. The molecule has 1 aliphatic heterocycles. The fourth-order valence-electron chi connectivity index (χ4n) is 4.47. The zero-order valence-electron chi connectivity index (χ0n) is 20.2. The van der Waals surface area contributed by atoms with Gasteiger partial charge in [0.2, 0.25) is 0 Å². The molecule has 0 amide bonds. The number of Topliss-reactive ketones (excluding diaryl/α,β-unsaturated/α-hetero) is 1. The minimum absolute atomic E-state index is 0.124. The number of ketones is 1. The van der Waals surface area contributed by atoms with Crippen molar-refractivity contribution in [2.24, 2.45) is 0 Å². The molecule has 0 radical (unpaired) electrons. The van der Waals surface area contributed by atoms with Crippen molar-refractivity contribution >= 4 is 28.4 Å². The van der Waals surface area contributed by atoms with Crippen LogP contribution in [-0.4, -0.2) is 51.9 Å². The second-order valence-electron chi connectivity index (χ2n) is 9.32. The third-order valence-electron chi connectivity index (χ3n) is 6.54. The largest absolute Gasteiger partial charge is 0.490 e. The summed E-state index contributed by atoms with van der Waals surface area (Å²) in [7, 11) is 2.11. The number of piperidine rings is 1. The SMILES string of the molecule is Cc1c(OC2CCN(C)CC2)ccc2cc(CC(=O)c3cn(Cc4cccc(Cl)c4)nn3)c(=O)oc12. The molecule has 36 heavy (non-hydrogen) atoms. The van der Waals surface area contributed by atoms with E-state index in [1.54, 1.807) is 23.0 Å². The van der Waals surface area contributed by atoms with Gasteiger partial charge in [-0.2, -0.15) is 0 Å². The van der Waals surface area contributed by atoms with Crippen LogP contribution in [0.2, 0.25) is 5.02 Å². The number of rotatable bonds is 7. The summed E-state index contributed by atoms with van der Waals surface area (Å²) in [5.41, 5.74) is 2.13. The van der Waals surface area contributed by atoms with Gasteiger partial charge in [0.05, 0.1) is 12.7 Å². The number of aryl methyl sites for hydroxylation is 1. The number of carbonyl (C=O) groups excluding carboxylic acids is 1. The van der Waals surface area contributed by atoms with E-state index in [9.17, 15) is 9.59 Å². The number of likely N-dealkylation sites (tertiary alicyclic amines) is 1. The predicted molar refractivity (Wildman–Crippen MR) is 137 cm³/mol. The number of carbonyl (C=O) groups is 1. The molecule has 8 nitrogen and oxygen atoms in total. The van der Waals surface area contributed by atoms with E-state index in [4.69, 9.17) is 20.8 Å². The fraction of sp³-hybridized carbons (Fsp3) is 0.333. The number of nitrogens with zero attached hydrogens (tertiary/aromatic N) is 4. The number of hydrogen-bond donors (Lipinski definition) is 0.